The molecule has 0 fully saturated rings. The van der Waals surface area contributed by atoms with Crippen molar-refractivity contribution in [2.45, 2.75) is 20.4 Å². The third kappa shape index (κ3) is 2.68. The largest absolute Gasteiger partial charge is 0.329 e. The van der Waals surface area contributed by atoms with E-state index in [0.717, 1.165) is 22.8 Å². The number of pyridine rings is 1. The molecule has 0 aliphatic heterocycles. The Bertz CT molecular complexity index is 532. The van der Waals surface area contributed by atoms with Crippen molar-refractivity contribution >= 4 is 11.5 Å². The van der Waals surface area contributed by atoms with Crippen LogP contribution < -0.4 is 10.6 Å². The summed E-state index contributed by atoms with van der Waals surface area (Å²) in [5.74, 6) is 0.930. The number of rotatable bonds is 3. The first-order valence-electron chi connectivity index (χ1n) is 6.08. The van der Waals surface area contributed by atoms with Gasteiger partial charge in [-0.25, -0.2) is 4.98 Å². The molecule has 0 radical (unpaired) electrons. The molecule has 0 bridgehead atoms. The molecule has 1 heterocycles. The third-order valence-electron chi connectivity index (χ3n) is 3.00. The quantitative estimate of drug-likeness (QED) is 0.898. The van der Waals surface area contributed by atoms with Crippen LogP contribution in [-0.2, 0) is 6.54 Å². The summed E-state index contributed by atoms with van der Waals surface area (Å²) in [7, 11) is 2.02. The molecule has 2 rings (SSSR count). The fourth-order valence-corrected chi connectivity index (χ4v) is 1.91. The van der Waals surface area contributed by atoms with Gasteiger partial charge in [-0.3, -0.25) is 0 Å². The maximum atomic E-state index is 5.70. The lowest BCUT2D eigenvalue weighted by Crippen LogP contribution is -2.12. The van der Waals surface area contributed by atoms with Crippen LogP contribution >= 0.6 is 0 Å². The Kier molecular flexibility index (Phi) is 3.63. The summed E-state index contributed by atoms with van der Waals surface area (Å²) in [6.45, 7) is 4.62. The third-order valence-corrected chi connectivity index (χ3v) is 3.00. The van der Waals surface area contributed by atoms with E-state index in [4.69, 9.17) is 5.73 Å². The van der Waals surface area contributed by atoms with Gasteiger partial charge in [0.2, 0.25) is 0 Å². The summed E-state index contributed by atoms with van der Waals surface area (Å²) >= 11 is 0. The Hall–Kier alpha value is -1.87. The highest BCUT2D eigenvalue weighted by molar-refractivity contribution is 5.60. The van der Waals surface area contributed by atoms with E-state index >= 15 is 0 Å². The summed E-state index contributed by atoms with van der Waals surface area (Å²) in [4.78, 5) is 6.63. The zero-order chi connectivity index (χ0) is 13.1. The molecule has 3 nitrogen and oxygen atoms in total. The SMILES string of the molecule is Cc1ccc(N(C)c2cc(CN)cc(C)n2)cc1. The van der Waals surface area contributed by atoms with Gasteiger partial charge in [0.1, 0.15) is 5.82 Å². The number of hydrogen-bond donors (Lipinski definition) is 1. The van der Waals surface area contributed by atoms with E-state index in [-0.39, 0.29) is 0 Å². The van der Waals surface area contributed by atoms with Gasteiger partial charge in [-0.15, -0.1) is 0 Å². The molecule has 0 aliphatic rings. The highest BCUT2D eigenvalue weighted by Gasteiger charge is 2.07. The number of benzene rings is 1. The van der Waals surface area contributed by atoms with E-state index in [1.165, 1.54) is 5.56 Å². The maximum Gasteiger partial charge on any atom is 0.133 e. The van der Waals surface area contributed by atoms with Gasteiger partial charge in [-0.05, 0) is 43.7 Å². The van der Waals surface area contributed by atoms with E-state index < -0.39 is 0 Å². The van der Waals surface area contributed by atoms with Crippen molar-refractivity contribution in [2.24, 2.45) is 5.73 Å². The molecule has 1 aromatic heterocycles. The van der Waals surface area contributed by atoms with Crippen LogP contribution in [0, 0.1) is 13.8 Å². The number of hydrogen-bond acceptors (Lipinski definition) is 3. The van der Waals surface area contributed by atoms with Crippen LogP contribution in [0.2, 0.25) is 0 Å². The second-order valence-electron chi connectivity index (χ2n) is 4.57. The first kappa shape index (κ1) is 12.6. The molecule has 0 unspecified atom stereocenters. The predicted octanol–water partition coefficient (Wildman–Crippen LogP) is 2.93. The summed E-state index contributed by atoms with van der Waals surface area (Å²) < 4.78 is 0. The maximum absolute atomic E-state index is 5.70. The van der Waals surface area contributed by atoms with Crippen LogP contribution in [0.1, 0.15) is 16.8 Å². The standard InChI is InChI=1S/C15H19N3/c1-11-4-6-14(7-5-11)18(3)15-9-13(10-16)8-12(2)17-15/h4-9H,10,16H2,1-3H3. The number of anilines is 2. The molecule has 2 aromatic rings. The van der Waals surface area contributed by atoms with Crippen molar-refractivity contribution in [3.05, 3.63) is 53.2 Å². The van der Waals surface area contributed by atoms with Crippen LogP contribution in [0.5, 0.6) is 0 Å². The summed E-state index contributed by atoms with van der Waals surface area (Å²) in [5, 5.41) is 0. The van der Waals surface area contributed by atoms with Gasteiger partial charge in [0.05, 0.1) is 0 Å². The van der Waals surface area contributed by atoms with E-state index in [1.54, 1.807) is 0 Å². The van der Waals surface area contributed by atoms with Gasteiger partial charge in [-0.2, -0.15) is 0 Å². The monoisotopic (exact) mass is 241 g/mol. The zero-order valence-electron chi connectivity index (χ0n) is 11.1. The molecule has 0 amide bonds. The molecule has 0 aliphatic carbocycles. The van der Waals surface area contributed by atoms with Crippen LogP contribution in [0.15, 0.2) is 36.4 Å². The minimum Gasteiger partial charge on any atom is -0.329 e. The molecule has 0 atom stereocenters. The van der Waals surface area contributed by atoms with Gasteiger partial charge in [-0.1, -0.05) is 17.7 Å². The Labute approximate surface area is 108 Å². The Morgan fingerprint density at radius 2 is 1.78 bits per heavy atom. The highest BCUT2D eigenvalue weighted by atomic mass is 15.2. The van der Waals surface area contributed by atoms with Crippen molar-refractivity contribution in [1.29, 1.82) is 0 Å². The van der Waals surface area contributed by atoms with Crippen molar-refractivity contribution < 1.29 is 0 Å². The smallest absolute Gasteiger partial charge is 0.133 e. The first-order valence-corrected chi connectivity index (χ1v) is 6.08. The lowest BCUT2D eigenvalue weighted by Gasteiger charge is -2.19. The number of aromatic nitrogens is 1. The molecule has 1 aromatic carbocycles. The van der Waals surface area contributed by atoms with Crippen molar-refractivity contribution in [1.82, 2.24) is 4.98 Å². The Balaban J connectivity index is 2.35. The van der Waals surface area contributed by atoms with Crippen molar-refractivity contribution in [3.63, 3.8) is 0 Å². The summed E-state index contributed by atoms with van der Waals surface area (Å²) in [6, 6.07) is 12.5. The van der Waals surface area contributed by atoms with E-state index in [9.17, 15) is 0 Å². The van der Waals surface area contributed by atoms with Gasteiger partial charge < -0.3 is 10.6 Å². The molecule has 0 saturated carbocycles. The topological polar surface area (TPSA) is 42.1 Å². The number of nitrogens with zero attached hydrogens (tertiary/aromatic N) is 2. The van der Waals surface area contributed by atoms with E-state index in [2.05, 4.69) is 41.1 Å². The minimum atomic E-state index is 0.540. The minimum absolute atomic E-state index is 0.540. The molecule has 0 saturated heterocycles. The molecular formula is C15H19N3. The van der Waals surface area contributed by atoms with Gasteiger partial charge >= 0.3 is 0 Å². The second-order valence-corrected chi connectivity index (χ2v) is 4.57. The molecule has 2 N–H and O–H groups in total. The lowest BCUT2D eigenvalue weighted by atomic mass is 10.2. The van der Waals surface area contributed by atoms with Crippen molar-refractivity contribution in [3.8, 4) is 0 Å². The molecule has 3 heteroatoms. The Morgan fingerprint density at radius 1 is 1.11 bits per heavy atom. The lowest BCUT2D eigenvalue weighted by molar-refractivity contribution is 1.02. The highest BCUT2D eigenvalue weighted by Crippen LogP contribution is 2.23. The normalized spacial score (nSPS) is 10.4. The fourth-order valence-electron chi connectivity index (χ4n) is 1.91. The summed E-state index contributed by atoms with van der Waals surface area (Å²) in [6.07, 6.45) is 0. The van der Waals surface area contributed by atoms with E-state index in [1.807, 2.05) is 26.1 Å². The number of nitrogens with two attached hydrogens (primary N) is 1. The van der Waals surface area contributed by atoms with Gasteiger partial charge in [0, 0.05) is 25.0 Å². The average Bonchev–Trinajstić information content (AvgIpc) is 2.38. The average molecular weight is 241 g/mol. The Morgan fingerprint density at radius 3 is 2.39 bits per heavy atom. The molecule has 0 spiro atoms. The molecule has 18 heavy (non-hydrogen) atoms. The summed E-state index contributed by atoms with van der Waals surface area (Å²) in [5.41, 5.74) is 10.2. The van der Waals surface area contributed by atoms with E-state index in [0.29, 0.717) is 6.54 Å². The van der Waals surface area contributed by atoms with Gasteiger partial charge in [0.25, 0.3) is 0 Å². The fraction of sp³-hybridized carbons (Fsp3) is 0.267. The van der Waals surface area contributed by atoms with Gasteiger partial charge in [0.15, 0.2) is 0 Å². The van der Waals surface area contributed by atoms with Crippen LogP contribution in [0.25, 0.3) is 0 Å². The van der Waals surface area contributed by atoms with Crippen LogP contribution in [0.4, 0.5) is 11.5 Å². The first-order chi connectivity index (χ1) is 8.60. The van der Waals surface area contributed by atoms with Crippen LogP contribution in [-0.4, -0.2) is 12.0 Å². The zero-order valence-corrected chi connectivity index (χ0v) is 11.1. The molecular weight excluding hydrogens is 222 g/mol. The molecule has 94 valence electrons. The predicted molar refractivity (Wildman–Crippen MR) is 76.1 cm³/mol. The van der Waals surface area contributed by atoms with Crippen LogP contribution in [0.3, 0.4) is 0 Å². The number of aryl methyl sites for hydroxylation is 2. The second kappa shape index (κ2) is 5.19. The van der Waals surface area contributed by atoms with Crippen molar-refractivity contribution in [2.75, 3.05) is 11.9 Å².